The maximum atomic E-state index is 9.35. The van der Waals surface area contributed by atoms with E-state index in [1.165, 1.54) is 5.56 Å². The van der Waals surface area contributed by atoms with E-state index in [0.29, 0.717) is 11.5 Å². The van der Waals surface area contributed by atoms with Crippen molar-refractivity contribution in [2.24, 2.45) is 0 Å². The van der Waals surface area contributed by atoms with Gasteiger partial charge in [-0.1, -0.05) is 42.8 Å². The highest BCUT2D eigenvalue weighted by molar-refractivity contribution is 5.71. The van der Waals surface area contributed by atoms with Gasteiger partial charge in [-0.15, -0.1) is 5.10 Å². The van der Waals surface area contributed by atoms with Gasteiger partial charge in [-0.3, -0.25) is 0 Å². The fourth-order valence-corrected chi connectivity index (χ4v) is 2.40. The molecule has 0 atom stereocenters. The van der Waals surface area contributed by atoms with Gasteiger partial charge in [0.05, 0.1) is 5.69 Å². The molecule has 0 fully saturated rings. The van der Waals surface area contributed by atoms with Crippen LogP contribution in [-0.4, -0.2) is 20.1 Å². The van der Waals surface area contributed by atoms with E-state index in [4.69, 9.17) is 5.73 Å². The molecule has 0 aliphatic carbocycles. The molecule has 5 nitrogen and oxygen atoms in total. The van der Waals surface area contributed by atoms with Crippen molar-refractivity contribution in [2.45, 2.75) is 19.8 Å². The lowest BCUT2D eigenvalue weighted by Crippen LogP contribution is -2.02. The van der Waals surface area contributed by atoms with Crippen LogP contribution in [-0.2, 0) is 6.42 Å². The molecule has 0 amide bonds. The number of nitrogens with two attached hydrogens (primary N) is 1. The number of benzene rings is 2. The van der Waals surface area contributed by atoms with Crippen molar-refractivity contribution in [1.29, 1.82) is 0 Å². The minimum atomic E-state index is 0.203. The summed E-state index contributed by atoms with van der Waals surface area (Å²) in [6.45, 7) is 2.16. The van der Waals surface area contributed by atoms with Gasteiger partial charge in [0.15, 0.2) is 5.82 Å². The average Bonchev–Trinajstić information content (AvgIpc) is 2.91. The summed E-state index contributed by atoms with van der Waals surface area (Å²) in [5.74, 6) is 0.683. The first-order chi connectivity index (χ1) is 10.7. The Hall–Kier alpha value is -2.82. The van der Waals surface area contributed by atoms with E-state index in [2.05, 4.69) is 29.4 Å². The zero-order valence-electron chi connectivity index (χ0n) is 12.4. The van der Waals surface area contributed by atoms with Gasteiger partial charge in [0.25, 0.3) is 0 Å². The number of rotatable bonds is 4. The largest absolute Gasteiger partial charge is 0.508 e. The minimum absolute atomic E-state index is 0.203. The molecule has 22 heavy (non-hydrogen) atoms. The summed E-state index contributed by atoms with van der Waals surface area (Å²) >= 11 is 0. The zero-order valence-corrected chi connectivity index (χ0v) is 12.4. The molecule has 3 N–H and O–H groups in total. The van der Waals surface area contributed by atoms with Crippen molar-refractivity contribution >= 4 is 5.82 Å². The number of phenolic OH excluding ortho intramolecular Hbond substituents is 1. The summed E-state index contributed by atoms with van der Waals surface area (Å²) < 4.78 is 1.56. The van der Waals surface area contributed by atoms with Crippen LogP contribution in [0.1, 0.15) is 18.9 Å². The highest BCUT2D eigenvalue weighted by Gasteiger charge is 2.13. The number of anilines is 1. The number of aryl methyl sites for hydroxylation is 1. The van der Waals surface area contributed by atoms with Gasteiger partial charge in [-0.25, -0.2) is 0 Å². The van der Waals surface area contributed by atoms with E-state index in [1.54, 1.807) is 28.9 Å². The smallest absolute Gasteiger partial charge is 0.155 e. The lowest BCUT2D eigenvalue weighted by molar-refractivity contribution is 0.475. The van der Waals surface area contributed by atoms with Crippen LogP contribution in [0, 0.1) is 0 Å². The fourth-order valence-electron chi connectivity index (χ4n) is 2.40. The van der Waals surface area contributed by atoms with E-state index in [0.717, 1.165) is 24.1 Å². The molecule has 0 unspecified atom stereocenters. The number of phenols is 1. The van der Waals surface area contributed by atoms with Crippen molar-refractivity contribution < 1.29 is 5.11 Å². The van der Waals surface area contributed by atoms with Crippen LogP contribution in [0.3, 0.4) is 0 Å². The first kappa shape index (κ1) is 14.1. The third-order valence-electron chi connectivity index (χ3n) is 3.57. The van der Waals surface area contributed by atoms with E-state index in [1.807, 2.05) is 12.1 Å². The summed E-state index contributed by atoms with van der Waals surface area (Å²) in [4.78, 5) is 0. The fraction of sp³-hybridized carbons (Fsp3) is 0.176. The molecule has 0 aliphatic heterocycles. The predicted molar refractivity (Wildman–Crippen MR) is 86.9 cm³/mol. The molecule has 5 heteroatoms. The summed E-state index contributed by atoms with van der Waals surface area (Å²) in [5, 5.41) is 17.6. The molecule has 1 heterocycles. The Bertz CT molecular complexity index is 760. The quantitative estimate of drug-likeness (QED) is 0.774. The van der Waals surface area contributed by atoms with Gasteiger partial charge in [0.2, 0.25) is 0 Å². The van der Waals surface area contributed by atoms with Crippen LogP contribution in [0.2, 0.25) is 0 Å². The summed E-state index contributed by atoms with van der Waals surface area (Å²) in [7, 11) is 0. The third-order valence-corrected chi connectivity index (χ3v) is 3.57. The monoisotopic (exact) mass is 294 g/mol. The maximum Gasteiger partial charge on any atom is 0.155 e. The Kier molecular flexibility index (Phi) is 3.78. The SMILES string of the molecule is CCCc1ccc(-c2nnn(-c3ccc(O)cc3)c2N)cc1. The second-order valence-corrected chi connectivity index (χ2v) is 5.20. The van der Waals surface area contributed by atoms with Gasteiger partial charge in [-0.05, 0) is 36.2 Å². The Morgan fingerprint density at radius 1 is 1.05 bits per heavy atom. The van der Waals surface area contributed by atoms with Crippen LogP contribution in [0.25, 0.3) is 16.9 Å². The molecule has 0 aliphatic rings. The zero-order chi connectivity index (χ0) is 15.5. The van der Waals surface area contributed by atoms with E-state index >= 15 is 0 Å². The van der Waals surface area contributed by atoms with E-state index < -0.39 is 0 Å². The van der Waals surface area contributed by atoms with Gasteiger partial charge in [0, 0.05) is 5.56 Å². The Morgan fingerprint density at radius 2 is 1.73 bits per heavy atom. The van der Waals surface area contributed by atoms with Gasteiger partial charge in [0.1, 0.15) is 11.4 Å². The van der Waals surface area contributed by atoms with Crippen LogP contribution < -0.4 is 5.73 Å². The Morgan fingerprint density at radius 3 is 2.36 bits per heavy atom. The molecule has 3 aromatic rings. The van der Waals surface area contributed by atoms with Crippen LogP contribution in [0.5, 0.6) is 5.75 Å². The lowest BCUT2D eigenvalue weighted by atomic mass is 10.1. The van der Waals surface area contributed by atoms with Crippen LogP contribution >= 0.6 is 0 Å². The normalized spacial score (nSPS) is 10.8. The first-order valence-electron chi connectivity index (χ1n) is 7.29. The topological polar surface area (TPSA) is 77.0 Å². The summed E-state index contributed by atoms with van der Waals surface area (Å²) in [6.07, 6.45) is 2.19. The van der Waals surface area contributed by atoms with Crippen LogP contribution in [0.15, 0.2) is 48.5 Å². The average molecular weight is 294 g/mol. The van der Waals surface area contributed by atoms with Crippen molar-refractivity contribution in [1.82, 2.24) is 15.0 Å². The number of hydrogen-bond acceptors (Lipinski definition) is 4. The van der Waals surface area contributed by atoms with E-state index in [-0.39, 0.29) is 5.75 Å². The third kappa shape index (κ3) is 2.65. The van der Waals surface area contributed by atoms with Gasteiger partial charge < -0.3 is 10.8 Å². The van der Waals surface area contributed by atoms with Crippen molar-refractivity contribution in [3.05, 3.63) is 54.1 Å². The molecule has 0 bridgehead atoms. The molecular formula is C17H18N4O. The standard InChI is InChI=1S/C17H18N4O/c1-2-3-12-4-6-13(7-5-12)16-17(18)21(20-19-16)14-8-10-15(22)11-9-14/h4-11,22H,2-3,18H2,1H3. The lowest BCUT2D eigenvalue weighted by Gasteiger charge is -2.04. The number of hydrogen-bond donors (Lipinski definition) is 2. The number of aromatic nitrogens is 3. The van der Waals surface area contributed by atoms with Crippen molar-refractivity contribution in [3.8, 4) is 22.7 Å². The second-order valence-electron chi connectivity index (χ2n) is 5.20. The van der Waals surface area contributed by atoms with Crippen molar-refractivity contribution in [2.75, 3.05) is 5.73 Å². The van der Waals surface area contributed by atoms with E-state index in [9.17, 15) is 5.11 Å². The molecule has 0 spiro atoms. The van der Waals surface area contributed by atoms with Crippen molar-refractivity contribution in [3.63, 3.8) is 0 Å². The molecule has 0 saturated carbocycles. The highest BCUT2D eigenvalue weighted by Crippen LogP contribution is 2.26. The summed E-state index contributed by atoms with van der Waals surface area (Å²) in [5.41, 5.74) is 9.85. The molecule has 2 aromatic carbocycles. The molecule has 112 valence electrons. The molecule has 0 saturated heterocycles. The Labute approximate surface area is 129 Å². The summed E-state index contributed by atoms with van der Waals surface area (Å²) in [6, 6.07) is 14.9. The molecule has 0 radical (unpaired) electrons. The maximum absolute atomic E-state index is 9.35. The minimum Gasteiger partial charge on any atom is -0.508 e. The molecular weight excluding hydrogens is 276 g/mol. The Balaban J connectivity index is 1.94. The first-order valence-corrected chi connectivity index (χ1v) is 7.29. The second kappa shape index (κ2) is 5.89. The number of nitrogens with zero attached hydrogens (tertiary/aromatic N) is 3. The van der Waals surface area contributed by atoms with Gasteiger partial charge in [-0.2, -0.15) is 4.68 Å². The molecule has 3 rings (SSSR count). The highest BCUT2D eigenvalue weighted by atomic mass is 16.3. The number of aromatic hydroxyl groups is 1. The van der Waals surface area contributed by atoms with Crippen LogP contribution in [0.4, 0.5) is 5.82 Å². The molecule has 1 aromatic heterocycles. The number of nitrogen functional groups attached to an aromatic ring is 1. The van der Waals surface area contributed by atoms with Gasteiger partial charge >= 0.3 is 0 Å². The predicted octanol–water partition coefficient (Wildman–Crippen LogP) is 3.17.